The number of nitrogens with zero attached hydrogens (tertiary/aromatic N) is 4. The summed E-state index contributed by atoms with van der Waals surface area (Å²) in [5.41, 5.74) is 1.51. The molecule has 1 atom stereocenters. The molecule has 23 heavy (non-hydrogen) atoms. The van der Waals surface area contributed by atoms with Crippen LogP contribution in [0.2, 0.25) is 0 Å². The van der Waals surface area contributed by atoms with Gasteiger partial charge in [0, 0.05) is 36.3 Å². The van der Waals surface area contributed by atoms with E-state index in [0.717, 1.165) is 24.7 Å². The first-order chi connectivity index (χ1) is 11.4. The maximum atomic E-state index is 4.69. The SMILES string of the molecule is c1c[nH]c(C2CCCN(c3ncnc4sc5c(c34)CCC5)C2)n1. The summed E-state index contributed by atoms with van der Waals surface area (Å²) >= 11 is 1.87. The number of fused-ring (bicyclic) bond motifs is 3. The van der Waals surface area contributed by atoms with Gasteiger partial charge in [-0.3, -0.25) is 0 Å². The molecule has 2 aliphatic rings. The fourth-order valence-corrected chi connectivity index (χ4v) is 5.27. The van der Waals surface area contributed by atoms with E-state index in [2.05, 4.69) is 24.8 Å². The Bertz CT molecular complexity index is 838. The molecule has 0 radical (unpaired) electrons. The topological polar surface area (TPSA) is 57.7 Å². The minimum absolute atomic E-state index is 0.468. The number of hydrogen-bond donors (Lipinski definition) is 1. The average molecular weight is 325 g/mol. The third-order valence-electron chi connectivity index (χ3n) is 5.11. The van der Waals surface area contributed by atoms with E-state index in [1.165, 1.54) is 52.8 Å². The summed E-state index contributed by atoms with van der Waals surface area (Å²) in [5.74, 6) is 2.72. The summed E-state index contributed by atoms with van der Waals surface area (Å²) in [6, 6.07) is 0. The summed E-state index contributed by atoms with van der Waals surface area (Å²) in [6.07, 6.45) is 11.6. The van der Waals surface area contributed by atoms with Crippen LogP contribution < -0.4 is 4.90 Å². The van der Waals surface area contributed by atoms with Crippen LogP contribution in [0.4, 0.5) is 5.82 Å². The maximum Gasteiger partial charge on any atom is 0.141 e. The lowest BCUT2D eigenvalue weighted by Crippen LogP contribution is -2.35. The number of H-pyrrole nitrogens is 1. The number of rotatable bonds is 2. The van der Waals surface area contributed by atoms with Crippen LogP contribution in [0, 0.1) is 0 Å². The predicted octanol–water partition coefficient (Wildman–Crippen LogP) is 3.29. The van der Waals surface area contributed by atoms with Gasteiger partial charge in [0.1, 0.15) is 22.8 Å². The molecule has 1 unspecified atom stereocenters. The summed E-state index contributed by atoms with van der Waals surface area (Å²) < 4.78 is 0. The highest BCUT2D eigenvalue weighted by molar-refractivity contribution is 7.19. The highest BCUT2D eigenvalue weighted by Gasteiger charge is 2.28. The van der Waals surface area contributed by atoms with E-state index < -0.39 is 0 Å². The van der Waals surface area contributed by atoms with Crippen molar-refractivity contribution < 1.29 is 0 Å². The minimum Gasteiger partial charge on any atom is -0.355 e. The average Bonchev–Trinajstić information content (AvgIpc) is 3.31. The molecule has 5 rings (SSSR count). The van der Waals surface area contributed by atoms with Crippen molar-refractivity contribution in [3.05, 3.63) is 35.0 Å². The van der Waals surface area contributed by atoms with Gasteiger partial charge in [0.25, 0.3) is 0 Å². The van der Waals surface area contributed by atoms with Crippen LogP contribution in [0.1, 0.15) is 41.4 Å². The Kier molecular flexibility index (Phi) is 3.11. The van der Waals surface area contributed by atoms with E-state index in [1.807, 2.05) is 23.7 Å². The van der Waals surface area contributed by atoms with E-state index in [1.54, 1.807) is 6.33 Å². The van der Waals surface area contributed by atoms with Crippen LogP contribution in [-0.2, 0) is 12.8 Å². The third kappa shape index (κ3) is 2.16. The van der Waals surface area contributed by atoms with Gasteiger partial charge in [-0.1, -0.05) is 0 Å². The highest BCUT2D eigenvalue weighted by atomic mass is 32.1. The van der Waals surface area contributed by atoms with Crippen molar-refractivity contribution in [3.8, 4) is 0 Å². The number of imidazole rings is 1. The number of thiophene rings is 1. The molecule has 1 N–H and O–H groups in total. The Balaban J connectivity index is 1.55. The molecule has 0 aromatic carbocycles. The Morgan fingerprint density at radius 1 is 1.17 bits per heavy atom. The van der Waals surface area contributed by atoms with E-state index >= 15 is 0 Å². The molecule has 0 amide bonds. The Morgan fingerprint density at radius 2 is 2.17 bits per heavy atom. The summed E-state index contributed by atoms with van der Waals surface area (Å²) in [7, 11) is 0. The number of nitrogens with one attached hydrogen (secondary N) is 1. The molecular formula is C17H19N5S. The monoisotopic (exact) mass is 325 g/mol. The number of aromatic amines is 1. The first-order valence-corrected chi connectivity index (χ1v) is 9.21. The van der Waals surface area contributed by atoms with E-state index in [-0.39, 0.29) is 0 Å². The van der Waals surface area contributed by atoms with Gasteiger partial charge in [-0.05, 0) is 37.7 Å². The van der Waals surface area contributed by atoms with Crippen molar-refractivity contribution in [2.75, 3.05) is 18.0 Å². The van der Waals surface area contributed by atoms with E-state index in [0.29, 0.717) is 5.92 Å². The highest BCUT2D eigenvalue weighted by Crippen LogP contribution is 2.41. The fraction of sp³-hybridized carbons (Fsp3) is 0.471. The summed E-state index contributed by atoms with van der Waals surface area (Å²) in [4.78, 5) is 22.1. The molecule has 0 bridgehead atoms. The van der Waals surface area contributed by atoms with Gasteiger partial charge in [-0.25, -0.2) is 15.0 Å². The minimum atomic E-state index is 0.468. The second-order valence-electron chi connectivity index (χ2n) is 6.49. The lowest BCUT2D eigenvalue weighted by atomic mass is 9.97. The maximum absolute atomic E-state index is 4.69. The lowest BCUT2D eigenvalue weighted by molar-refractivity contribution is 0.492. The smallest absolute Gasteiger partial charge is 0.141 e. The van der Waals surface area contributed by atoms with Crippen LogP contribution in [-0.4, -0.2) is 33.0 Å². The molecule has 0 saturated carbocycles. The first-order valence-electron chi connectivity index (χ1n) is 8.39. The van der Waals surface area contributed by atoms with Gasteiger partial charge in [0.05, 0.1) is 5.39 Å². The number of hydrogen-bond acceptors (Lipinski definition) is 5. The summed E-state index contributed by atoms with van der Waals surface area (Å²) in [6.45, 7) is 2.07. The largest absolute Gasteiger partial charge is 0.355 e. The molecule has 3 aromatic heterocycles. The molecule has 1 aliphatic heterocycles. The van der Waals surface area contributed by atoms with E-state index in [4.69, 9.17) is 0 Å². The number of piperidine rings is 1. The molecule has 1 aliphatic carbocycles. The van der Waals surface area contributed by atoms with Crippen LogP contribution in [0.25, 0.3) is 10.2 Å². The van der Waals surface area contributed by atoms with Crippen LogP contribution in [0.15, 0.2) is 18.7 Å². The lowest BCUT2D eigenvalue weighted by Gasteiger charge is -2.33. The van der Waals surface area contributed by atoms with Gasteiger partial charge in [-0.2, -0.15) is 0 Å². The van der Waals surface area contributed by atoms with Gasteiger partial charge < -0.3 is 9.88 Å². The van der Waals surface area contributed by atoms with Crippen molar-refractivity contribution >= 4 is 27.4 Å². The quantitative estimate of drug-likeness (QED) is 0.785. The Hall–Kier alpha value is -1.95. The number of aromatic nitrogens is 4. The second-order valence-corrected chi connectivity index (χ2v) is 7.58. The zero-order valence-corrected chi connectivity index (χ0v) is 13.8. The van der Waals surface area contributed by atoms with Crippen LogP contribution in [0.3, 0.4) is 0 Å². The molecule has 1 saturated heterocycles. The Labute approximate surface area is 138 Å². The summed E-state index contributed by atoms with van der Waals surface area (Å²) in [5, 5.41) is 1.32. The van der Waals surface area contributed by atoms with E-state index in [9.17, 15) is 0 Å². The van der Waals surface area contributed by atoms with Crippen molar-refractivity contribution in [2.45, 2.75) is 38.0 Å². The zero-order valence-electron chi connectivity index (χ0n) is 13.0. The van der Waals surface area contributed by atoms with Crippen molar-refractivity contribution in [2.24, 2.45) is 0 Å². The molecule has 0 spiro atoms. The molecular weight excluding hydrogens is 306 g/mol. The van der Waals surface area contributed by atoms with Gasteiger partial charge in [0.15, 0.2) is 0 Å². The van der Waals surface area contributed by atoms with Crippen molar-refractivity contribution in [1.82, 2.24) is 19.9 Å². The first kappa shape index (κ1) is 13.5. The Morgan fingerprint density at radius 3 is 3.09 bits per heavy atom. The predicted molar refractivity (Wildman–Crippen MR) is 92.2 cm³/mol. The molecule has 6 heteroatoms. The zero-order chi connectivity index (χ0) is 15.2. The molecule has 4 heterocycles. The molecule has 118 valence electrons. The standard InChI is InChI=1S/C17H19N5S/c1-4-12-13(5-1)23-17-14(12)16(20-10-21-17)22-8-2-3-11(9-22)15-18-6-7-19-15/h6-7,10-11H,1-5,8-9H2,(H,18,19). The van der Waals surface area contributed by atoms with Gasteiger partial charge in [0.2, 0.25) is 0 Å². The normalized spacial score (nSPS) is 21.0. The second kappa shape index (κ2) is 5.30. The molecule has 3 aromatic rings. The molecule has 1 fully saturated rings. The fourth-order valence-electron chi connectivity index (χ4n) is 4.05. The van der Waals surface area contributed by atoms with Crippen molar-refractivity contribution in [1.29, 1.82) is 0 Å². The van der Waals surface area contributed by atoms with Crippen LogP contribution >= 0.6 is 11.3 Å². The number of aryl methyl sites for hydroxylation is 2. The third-order valence-corrected chi connectivity index (χ3v) is 6.31. The van der Waals surface area contributed by atoms with Crippen molar-refractivity contribution in [3.63, 3.8) is 0 Å². The number of anilines is 1. The van der Waals surface area contributed by atoms with Gasteiger partial charge >= 0.3 is 0 Å². The van der Waals surface area contributed by atoms with Crippen LogP contribution in [0.5, 0.6) is 0 Å². The van der Waals surface area contributed by atoms with Gasteiger partial charge in [-0.15, -0.1) is 11.3 Å². The molecule has 5 nitrogen and oxygen atoms in total.